The third kappa shape index (κ3) is 4.92. The number of rotatable bonds is 8. The molecule has 31 heavy (non-hydrogen) atoms. The quantitative estimate of drug-likeness (QED) is 0.292. The highest BCUT2D eigenvalue weighted by Crippen LogP contribution is 2.30. The Morgan fingerprint density at radius 1 is 1.26 bits per heavy atom. The van der Waals surface area contributed by atoms with Gasteiger partial charge >= 0.3 is 0 Å². The molecule has 1 aromatic carbocycles. The Morgan fingerprint density at radius 3 is 2.84 bits per heavy atom. The van der Waals surface area contributed by atoms with E-state index in [0.717, 1.165) is 28.6 Å². The van der Waals surface area contributed by atoms with E-state index in [4.69, 9.17) is 16.6 Å². The largest absolute Gasteiger partial charge is 0.351 e. The monoisotopic (exact) mass is 472 g/mol. The number of hydrogen-bond acceptors (Lipinski definition) is 6. The standard InChI is InChI=1S/C22H21ClN4O2S2/c1-2-3-11-27-21(29)19-18(16-5-4-10-24-20(16)31-19)26-22(27)30-13-17(28)25-12-14-6-8-15(23)9-7-14/h4-10H,2-3,11-13H2,1H3,(H,25,28). The Hall–Kier alpha value is -2.42. The highest BCUT2D eigenvalue weighted by atomic mass is 35.5. The van der Waals surface area contributed by atoms with Gasteiger partial charge in [0.05, 0.1) is 11.3 Å². The Bertz CT molecular complexity index is 1280. The van der Waals surface area contributed by atoms with Gasteiger partial charge in [-0.25, -0.2) is 9.97 Å². The minimum absolute atomic E-state index is 0.0643. The fraction of sp³-hybridized carbons (Fsp3) is 0.273. The van der Waals surface area contributed by atoms with Crippen molar-refractivity contribution in [2.75, 3.05) is 5.75 Å². The first-order valence-electron chi connectivity index (χ1n) is 9.99. The van der Waals surface area contributed by atoms with Crippen molar-refractivity contribution >= 4 is 61.0 Å². The second-order valence-electron chi connectivity index (χ2n) is 7.03. The number of thiophene rings is 1. The molecule has 6 nitrogen and oxygen atoms in total. The van der Waals surface area contributed by atoms with Crippen LogP contribution in [0.2, 0.25) is 5.02 Å². The zero-order chi connectivity index (χ0) is 21.8. The molecule has 9 heteroatoms. The summed E-state index contributed by atoms with van der Waals surface area (Å²) < 4.78 is 2.31. The van der Waals surface area contributed by atoms with Gasteiger partial charge in [0.1, 0.15) is 9.53 Å². The lowest BCUT2D eigenvalue weighted by atomic mass is 10.2. The zero-order valence-corrected chi connectivity index (χ0v) is 19.3. The number of halogens is 1. The molecule has 160 valence electrons. The topological polar surface area (TPSA) is 76.9 Å². The van der Waals surface area contributed by atoms with Crippen LogP contribution in [0.3, 0.4) is 0 Å². The Balaban J connectivity index is 1.56. The third-order valence-corrected chi connectivity index (χ3v) is 7.11. The van der Waals surface area contributed by atoms with Crippen LogP contribution in [0.15, 0.2) is 52.5 Å². The molecule has 3 aromatic heterocycles. The van der Waals surface area contributed by atoms with Gasteiger partial charge in [0.25, 0.3) is 5.56 Å². The molecule has 0 saturated carbocycles. The maximum atomic E-state index is 13.2. The number of nitrogens with zero attached hydrogens (tertiary/aromatic N) is 3. The van der Waals surface area contributed by atoms with Crippen molar-refractivity contribution in [2.24, 2.45) is 0 Å². The maximum Gasteiger partial charge on any atom is 0.272 e. The second kappa shape index (κ2) is 9.80. The molecule has 0 aliphatic heterocycles. The number of fused-ring (bicyclic) bond motifs is 3. The molecule has 0 atom stereocenters. The maximum absolute atomic E-state index is 13.2. The van der Waals surface area contributed by atoms with Gasteiger partial charge in [-0.2, -0.15) is 0 Å². The highest BCUT2D eigenvalue weighted by Gasteiger charge is 2.17. The van der Waals surface area contributed by atoms with Crippen molar-refractivity contribution < 1.29 is 4.79 Å². The predicted octanol–water partition coefficient (Wildman–Crippen LogP) is 4.87. The minimum atomic E-state index is -0.117. The Morgan fingerprint density at radius 2 is 2.06 bits per heavy atom. The predicted molar refractivity (Wildman–Crippen MR) is 128 cm³/mol. The molecule has 1 N–H and O–H groups in total. The summed E-state index contributed by atoms with van der Waals surface area (Å²) in [5, 5.41) is 5.00. The number of carbonyl (C=O) groups excluding carboxylic acids is 1. The van der Waals surface area contributed by atoms with Crippen LogP contribution in [0.1, 0.15) is 25.3 Å². The number of amides is 1. The fourth-order valence-corrected chi connectivity index (χ4v) is 5.15. The van der Waals surface area contributed by atoms with Crippen LogP contribution in [0.5, 0.6) is 0 Å². The number of nitrogens with one attached hydrogen (secondary N) is 1. The van der Waals surface area contributed by atoms with E-state index >= 15 is 0 Å². The third-order valence-electron chi connectivity index (χ3n) is 4.79. The number of aromatic nitrogens is 3. The van der Waals surface area contributed by atoms with Crippen molar-refractivity contribution in [3.63, 3.8) is 0 Å². The molecule has 0 unspecified atom stereocenters. The first-order valence-corrected chi connectivity index (χ1v) is 12.2. The lowest BCUT2D eigenvalue weighted by Gasteiger charge is -2.11. The average molecular weight is 473 g/mol. The number of benzene rings is 1. The summed E-state index contributed by atoms with van der Waals surface area (Å²) in [6.07, 6.45) is 3.55. The summed E-state index contributed by atoms with van der Waals surface area (Å²) in [6, 6.07) is 11.1. The van der Waals surface area contributed by atoms with Crippen LogP contribution in [0.25, 0.3) is 20.4 Å². The van der Waals surface area contributed by atoms with E-state index in [9.17, 15) is 9.59 Å². The highest BCUT2D eigenvalue weighted by molar-refractivity contribution is 7.99. The number of hydrogen-bond donors (Lipinski definition) is 1. The fourth-order valence-electron chi connectivity index (χ4n) is 3.15. The van der Waals surface area contributed by atoms with E-state index in [2.05, 4.69) is 17.2 Å². The van der Waals surface area contributed by atoms with Gasteiger partial charge in [0.15, 0.2) is 5.16 Å². The molecule has 0 spiro atoms. The molecule has 4 rings (SSSR count). The van der Waals surface area contributed by atoms with E-state index < -0.39 is 0 Å². The summed E-state index contributed by atoms with van der Waals surface area (Å²) in [7, 11) is 0. The van der Waals surface area contributed by atoms with E-state index in [0.29, 0.717) is 33.5 Å². The summed E-state index contributed by atoms with van der Waals surface area (Å²) in [4.78, 5) is 35.5. The SMILES string of the molecule is CCCCn1c(SCC(=O)NCc2ccc(Cl)cc2)nc2c(sc3ncccc32)c1=O. The van der Waals surface area contributed by atoms with Gasteiger partial charge in [0.2, 0.25) is 5.91 Å². The molecule has 0 aliphatic rings. The van der Waals surface area contributed by atoms with Crippen LogP contribution in [-0.2, 0) is 17.9 Å². The van der Waals surface area contributed by atoms with Gasteiger partial charge in [-0.05, 0) is 36.2 Å². The lowest BCUT2D eigenvalue weighted by Crippen LogP contribution is -2.26. The van der Waals surface area contributed by atoms with Crippen molar-refractivity contribution in [2.45, 2.75) is 38.0 Å². The first-order chi connectivity index (χ1) is 15.1. The minimum Gasteiger partial charge on any atom is -0.351 e. The van der Waals surface area contributed by atoms with Crippen LogP contribution < -0.4 is 10.9 Å². The summed E-state index contributed by atoms with van der Waals surface area (Å²) in [5.74, 6) is 0.0611. The van der Waals surface area contributed by atoms with Crippen molar-refractivity contribution in [3.05, 3.63) is 63.5 Å². The average Bonchev–Trinajstić information content (AvgIpc) is 3.16. The van der Waals surface area contributed by atoms with Gasteiger partial charge in [-0.15, -0.1) is 11.3 Å². The molecule has 3 heterocycles. The molecular weight excluding hydrogens is 452 g/mol. The number of pyridine rings is 1. The van der Waals surface area contributed by atoms with E-state index in [-0.39, 0.29) is 17.2 Å². The molecule has 1 amide bonds. The second-order valence-corrected chi connectivity index (χ2v) is 9.41. The zero-order valence-electron chi connectivity index (χ0n) is 16.9. The molecule has 4 aromatic rings. The number of unbranched alkanes of at least 4 members (excludes halogenated alkanes) is 1. The summed E-state index contributed by atoms with van der Waals surface area (Å²) >= 11 is 8.55. The number of thioether (sulfide) groups is 1. The Labute approximate surface area is 192 Å². The van der Waals surface area contributed by atoms with Crippen molar-refractivity contribution in [3.8, 4) is 0 Å². The van der Waals surface area contributed by atoms with Gasteiger partial charge in [0, 0.05) is 29.7 Å². The Kier molecular flexibility index (Phi) is 6.89. The van der Waals surface area contributed by atoms with Crippen LogP contribution in [-0.4, -0.2) is 26.2 Å². The number of carbonyl (C=O) groups is 1. The van der Waals surface area contributed by atoms with Crippen LogP contribution >= 0.6 is 34.7 Å². The molecular formula is C22H21ClN4O2S2. The van der Waals surface area contributed by atoms with Gasteiger partial charge < -0.3 is 5.32 Å². The lowest BCUT2D eigenvalue weighted by molar-refractivity contribution is -0.118. The van der Waals surface area contributed by atoms with Crippen LogP contribution in [0.4, 0.5) is 0 Å². The normalized spacial score (nSPS) is 11.3. The molecule has 0 bridgehead atoms. The summed E-state index contributed by atoms with van der Waals surface area (Å²) in [5.41, 5.74) is 1.57. The molecule has 0 saturated heterocycles. The molecule has 0 fully saturated rings. The van der Waals surface area contributed by atoms with Gasteiger partial charge in [-0.3, -0.25) is 14.2 Å². The van der Waals surface area contributed by atoms with E-state index in [1.54, 1.807) is 22.9 Å². The van der Waals surface area contributed by atoms with E-state index in [1.165, 1.54) is 23.1 Å². The van der Waals surface area contributed by atoms with Crippen molar-refractivity contribution in [1.82, 2.24) is 19.9 Å². The smallest absolute Gasteiger partial charge is 0.272 e. The van der Waals surface area contributed by atoms with Crippen molar-refractivity contribution in [1.29, 1.82) is 0 Å². The van der Waals surface area contributed by atoms with Gasteiger partial charge in [-0.1, -0.05) is 48.8 Å². The first kappa shape index (κ1) is 21.8. The summed E-state index contributed by atoms with van der Waals surface area (Å²) in [6.45, 7) is 3.08. The molecule has 0 radical (unpaired) electrons. The molecule has 0 aliphatic carbocycles. The van der Waals surface area contributed by atoms with Crippen LogP contribution in [0, 0.1) is 0 Å². The van der Waals surface area contributed by atoms with E-state index in [1.807, 2.05) is 24.3 Å².